The molecule has 0 atom stereocenters. The third kappa shape index (κ3) is 3.87. The Morgan fingerprint density at radius 2 is 1.92 bits per heavy atom. The Morgan fingerprint density at radius 3 is 2.62 bits per heavy atom. The van der Waals surface area contributed by atoms with Crippen LogP contribution in [0.4, 0.5) is 11.5 Å². The van der Waals surface area contributed by atoms with Gasteiger partial charge in [0, 0.05) is 11.8 Å². The number of hydrazine groups is 1. The van der Waals surface area contributed by atoms with Gasteiger partial charge in [-0.1, -0.05) is 18.2 Å². The minimum Gasteiger partial charge on any atom is -0.432 e. The number of nitrogens with one attached hydrogen (secondary N) is 2. The summed E-state index contributed by atoms with van der Waals surface area (Å²) in [5, 5.41) is 11.4. The van der Waals surface area contributed by atoms with Gasteiger partial charge in [0.25, 0.3) is 5.91 Å². The number of hydrogen-bond donors (Lipinski definition) is 2. The highest BCUT2D eigenvalue weighted by Gasteiger charge is 2.25. The molecule has 2 heterocycles. The van der Waals surface area contributed by atoms with E-state index < -0.39 is 16.5 Å². The maximum atomic E-state index is 12.0. The lowest BCUT2D eigenvalue weighted by atomic mass is 10.2. The van der Waals surface area contributed by atoms with Crippen LogP contribution in [0.25, 0.3) is 0 Å². The molecular weight excluding hydrogens is 340 g/mol. The summed E-state index contributed by atoms with van der Waals surface area (Å²) in [6.45, 7) is 0. The lowest BCUT2D eigenvalue weighted by Gasteiger charge is -2.10. The molecule has 130 valence electrons. The SMILES string of the molecule is O=C(NNc1ncnc(Oc2cccnc2)c1[N+](=O)[O-])c1ccccc1. The first-order valence-electron chi connectivity index (χ1n) is 7.34. The van der Waals surface area contributed by atoms with Crippen molar-refractivity contribution in [2.45, 2.75) is 0 Å². The van der Waals surface area contributed by atoms with Crippen molar-refractivity contribution in [2.24, 2.45) is 0 Å². The highest BCUT2D eigenvalue weighted by Crippen LogP contribution is 2.33. The number of ether oxygens (including phenoxy) is 1. The molecule has 26 heavy (non-hydrogen) atoms. The van der Waals surface area contributed by atoms with E-state index in [1.807, 2.05) is 0 Å². The average Bonchev–Trinajstić information content (AvgIpc) is 2.67. The van der Waals surface area contributed by atoms with Crippen molar-refractivity contribution in [3.8, 4) is 11.6 Å². The van der Waals surface area contributed by atoms with E-state index >= 15 is 0 Å². The van der Waals surface area contributed by atoms with E-state index in [4.69, 9.17) is 4.74 Å². The maximum Gasteiger partial charge on any atom is 0.374 e. The van der Waals surface area contributed by atoms with Crippen LogP contribution in [-0.2, 0) is 0 Å². The fourth-order valence-corrected chi connectivity index (χ4v) is 1.99. The summed E-state index contributed by atoms with van der Waals surface area (Å²) in [5.41, 5.74) is 4.64. The molecule has 0 unspecified atom stereocenters. The Labute approximate surface area is 147 Å². The number of benzene rings is 1. The van der Waals surface area contributed by atoms with Gasteiger partial charge in [0.1, 0.15) is 12.1 Å². The lowest BCUT2D eigenvalue weighted by molar-refractivity contribution is -0.385. The number of rotatable bonds is 6. The van der Waals surface area contributed by atoms with Gasteiger partial charge in [0.15, 0.2) is 0 Å². The highest BCUT2D eigenvalue weighted by molar-refractivity contribution is 5.94. The lowest BCUT2D eigenvalue weighted by Crippen LogP contribution is -2.30. The van der Waals surface area contributed by atoms with Crippen LogP contribution >= 0.6 is 0 Å². The number of hydrogen-bond acceptors (Lipinski definition) is 8. The molecule has 3 rings (SSSR count). The van der Waals surface area contributed by atoms with Crippen LogP contribution in [0, 0.1) is 10.1 Å². The highest BCUT2D eigenvalue weighted by atomic mass is 16.6. The summed E-state index contributed by atoms with van der Waals surface area (Å²) in [6.07, 6.45) is 4.00. The molecular formula is C16H12N6O4. The van der Waals surface area contributed by atoms with Crippen LogP contribution in [0.3, 0.4) is 0 Å². The first-order valence-corrected chi connectivity index (χ1v) is 7.34. The van der Waals surface area contributed by atoms with Crippen LogP contribution in [0.15, 0.2) is 61.2 Å². The molecule has 3 aromatic rings. The molecule has 2 N–H and O–H groups in total. The fraction of sp³-hybridized carbons (Fsp3) is 0. The van der Waals surface area contributed by atoms with Crippen molar-refractivity contribution < 1.29 is 14.5 Å². The number of carbonyl (C=O) groups is 1. The first kappa shape index (κ1) is 16.8. The Bertz CT molecular complexity index is 921. The molecule has 0 aliphatic carbocycles. The topological polar surface area (TPSA) is 132 Å². The van der Waals surface area contributed by atoms with Crippen molar-refractivity contribution >= 4 is 17.4 Å². The zero-order valence-corrected chi connectivity index (χ0v) is 13.2. The van der Waals surface area contributed by atoms with E-state index in [2.05, 4.69) is 25.8 Å². The molecule has 0 aliphatic heterocycles. The van der Waals surface area contributed by atoms with E-state index in [-0.39, 0.29) is 17.4 Å². The number of anilines is 1. The molecule has 1 aromatic carbocycles. The van der Waals surface area contributed by atoms with Gasteiger partial charge in [-0.25, -0.2) is 4.98 Å². The van der Waals surface area contributed by atoms with Crippen molar-refractivity contribution in [1.82, 2.24) is 20.4 Å². The van der Waals surface area contributed by atoms with Crippen LogP contribution in [-0.4, -0.2) is 25.8 Å². The van der Waals surface area contributed by atoms with Gasteiger partial charge < -0.3 is 4.74 Å². The van der Waals surface area contributed by atoms with E-state index in [1.54, 1.807) is 42.5 Å². The summed E-state index contributed by atoms with van der Waals surface area (Å²) in [6, 6.07) is 11.5. The zero-order valence-electron chi connectivity index (χ0n) is 13.2. The summed E-state index contributed by atoms with van der Waals surface area (Å²) >= 11 is 0. The van der Waals surface area contributed by atoms with Gasteiger partial charge in [-0.05, 0) is 24.3 Å². The maximum absolute atomic E-state index is 12.0. The van der Waals surface area contributed by atoms with Gasteiger partial charge in [-0.15, -0.1) is 0 Å². The minimum absolute atomic E-state index is 0.215. The monoisotopic (exact) mass is 352 g/mol. The third-order valence-electron chi connectivity index (χ3n) is 3.15. The van der Waals surface area contributed by atoms with Crippen molar-refractivity contribution in [3.05, 3.63) is 76.9 Å². The Kier molecular flexibility index (Phi) is 4.94. The number of nitrogens with zero attached hydrogens (tertiary/aromatic N) is 4. The predicted molar refractivity (Wildman–Crippen MR) is 90.5 cm³/mol. The van der Waals surface area contributed by atoms with Gasteiger partial charge in [0.2, 0.25) is 5.82 Å². The second-order valence-corrected chi connectivity index (χ2v) is 4.87. The van der Waals surface area contributed by atoms with Gasteiger partial charge in [0.05, 0.1) is 11.1 Å². The van der Waals surface area contributed by atoms with E-state index in [9.17, 15) is 14.9 Å². The number of aromatic nitrogens is 3. The number of carbonyl (C=O) groups excluding carboxylic acids is 1. The molecule has 0 aliphatic rings. The average molecular weight is 352 g/mol. The van der Waals surface area contributed by atoms with E-state index in [0.29, 0.717) is 5.56 Å². The Hall–Kier alpha value is -4.08. The second-order valence-electron chi connectivity index (χ2n) is 4.87. The molecule has 10 heteroatoms. The molecule has 2 aromatic heterocycles. The quantitative estimate of drug-likeness (QED) is 0.510. The second kappa shape index (κ2) is 7.66. The van der Waals surface area contributed by atoms with Crippen LogP contribution < -0.4 is 15.6 Å². The molecule has 0 fully saturated rings. The van der Waals surface area contributed by atoms with Crippen molar-refractivity contribution in [3.63, 3.8) is 0 Å². The largest absolute Gasteiger partial charge is 0.432 e. The summed E-state index contributed by atoms with van der Waals surface area (Å²) in [5.74, 6) is -0.704. The van der Waals surface area contributed by atoms with Crippen LogP contribution in [0.5, 0.6) is 11.6 Å². The van der Waals surface area contributed by atoms with Crippen molar-refractivity contribution in [1.29, 1.82) is 0 Å². The van der Waals surface area contributed by atoms with Crippen LogP contribution in [0.2, 0.25) is 0 Å². The predicted octanol–water partition coefficient (Wildman–Crippen LogP) is 2.33. The van der Waals surface area contributed by atoms with Crippen LogP contribution in [0.1, 0.15) is 10.4 Å². The van der Waals surface area contributed by atoms with Crippen molar-refractivity contribution in [2.75, 3.05) is 5.43 Å². The Balaban J connectivity index is 1.82. The molecule has 0 saturated heterocycles. The third-order valence-corrected chi connectivity index (χ3v) is 3.15. The van der Waals surface area contributed by atoms with Gasteiger partial charge in [-0.3, -0.25) is 30.7 Å². The molecule has 0 radical (unpaired) electrons. The summed E-state index contributed by atoms with van der Waals surface area (Å²) in [4.78, 5) is 34.2. The fourth-order valence-electron chi connectivity index (χ4n) is 1.99. The molecule has 0 bridgehead atoms. The zero-order chi connectivity index (χ0) is 18.4. The summed E-state index contributed by atoms with van der Waals surface area (Å²) in [7, 11) is 0. The minimum atomic E-state index is -0.706. The smallest absolute Gasteiger partial charge is 0.374 e. The molecule has 1 amide bonds. The number of pyridine rings is 1. The standard InChI is InChI=1S/C16H12N6O4/c23-15(11-5-2-1-3-6-11)21-20-14-13(22(24)25)16(19-10-18-14)26-12-7-4-8-17-9-12/h1-10H,(H,21,23)(H,18,19,20). The van der Waals surface area contributed by atoms with E-state index in [0.717, 1.165) is 6.33 Å². The number of amides is 1. The molecule has 0 saturated carbocycles. The summed E-state index contributed by atoms with van der Waals surface area (Å²) < 4.78 is 5.39. The molecule has 0 spiro atoms. The normalized spacial score (nSPS) is 10.0. The molecule has 10 nitrogen and oxygen atoms in total. The first-order chi connectivity index (χ1) is 12.6. The van der Waals surface area contributed by atoms with Gasteiger partial charge >= 0.3 is 11.6 Å². The van der Waals surface area contributed by atoms with E-state index in [1.165, 1.54) is 12.4 Å². The number of nitro groups is 1. The Morgan fingerprint density at radius 1 is 1.12 bits per heavy atom. The van der Waals surface area contributed by atoms with Gasteiger partial charge in [-0.2, -0.15) is 4.98 Å².